The lowest BCUT2D eigenvalue weighted by molar-refractivity contribution is 0.396. The van der Waals surface area contributed by atoms with E-state index in [1.807, 2.05) is 20.0 Å². The molecule has 2 rings (SSSR count). The van der Waals surface area contributed by atoms with Gasteiger partial charge < -0.3 is 5.32 Å². The molecular formula is C13H18N4S. The Kier molecular flexibility index (Phi) is 3.73. The summed E-state index contributed by atoms with van der Waals surface area (Å²) in [6.45, 7) is 8.91. The van der Waals surface area contributed by atoms with Crippen molar-refractivity contribution >= 4 is 11.3 Å². The lowest BCUT2D eigenvalue weighted by Gasteiger charge is -2.23. The second-order valence-corrected chi connectivity index (χ2v) is 5.78. The predicted octanol–water partition coefficient (Wildman–Crippen LogP) is 2.57. The Bertz CT molecular complexity index is 516. The zero-order chi connectivity index (χ0) is 13.2. The van der Waals surface area contributed by atoms with Gasteiger partial charge in [0.05, 0.1) is 16.9 Å². The second-order valence-electron chi connectivity index (χ2n) is 4.92. The van der Waals surface area contributed by atoms with Gasteiger partial charge in [0.25, 0.3) is 0 Å². The van der Waals surface area contributed by atoms with Gasteiger partial charge in [-0.3, -0.25) is 9.97 Å². The summed E-state index contributed by atoms with van der Waals surface area (Å²) >= 11 is 1.68. The lowest BCUT2D eigenvalue weighted by Crippen LogP contribution is -2.36. The molecule has 0 atom stereocenters. The van der Waals surface area contributed by atoms with E-state index in [-0.39, 0.29) is 5.54 Å². The van der Waals surface area contributed by atoms with Crippen molar-refractivity contribution in [2.24, 2.45) is 0 Å². The van der Waals surface area contributed by atoms with Gasteiger partial charge in [-0.25, -0.2) is 4.98 Å². The van der Waals surface area contributed by atoms with E-state index >= 15 is 0 Å². The molecule has 4 nitrogen and oxygen atoms in total. The molecule has 0 aromatic carbocycles. The SMILES string of the molecule is Cc1cnc(CNC(C)(C)c2nc(C)cs2)cn1. The first-order valence-corrected chi connectivity index (χ1v) is 6.80. The average molecular weight is 262 g/mol. The fourth-order valence-electron chi connectivity index (χ4n) is 1.54. The van der Waals surface area contributed by atoms with Crippen molar-refractivity contribution in [3.05, 3.63) is 39.9 Å². The summed E-state index contributed by atoms with van der Waals surface area (Å²) in [6, 6.07) is 0. The highest BCUT2D eigenvalue weighted by Gasteiger charge is 2.23. The summed E-state index contributed by atoms with van der Waals surface area (Å²) in [7, 11) is 0. The normalized spacial score (nSPS) is 11.8. The van der Waals surface area contributed by atoms with Gasteiger partial charge in [0, 0.05) is 30.0 Å². The molecule has 1 N–H and O–H groups in total. The van der Waals surface area contributed by atoms with Crippen molar-refractivity contribution in [1.82, 2.24) is 20.3 Å². The maximum absolute atomic E-state index is 4.53. The highest BCUT2D eigenvalue weighted by molar-refractivity contribution is 7.09. The van der Waals surface area contributed by atoms with Crippen LogP contribution in [0.15, 0.2) is 17.8 Å². The minimum Gasteiger partial charge on any atom is -0.300 e. The summed E-state index contributed by atoms with van der Waals surface area (Å²) in [6.07, 6.45) is 3.60. The number of aryl methyl sites for hydroxylation is 2. The van der Waals surface area contributed by atoms with Crippen LogP contribution in [-0.2, 0) is 12.1 Å². The van der Waals surface area contributed by atoms with E-state index in [0.717, 1.165) is 22.1 Å². The fourth-order valence-corrected chi connectivity index (χ4v) is 2.44. The molecule has 0 aliphatic carbocycles. The van der Waals surface area contributed by atoms with Gasteiger partial charge in [0.15, 0.2) is 0 Å². The third-order valence-corrected chi connectivity index (χ3v) is 3.98. The van der Waals surface area contributed by atoms with Crippen LogP contribution < -0.4 is 5.32 Å². The lowest BCUT2D eigenvalue weighted by atomic mass is 10.1. The van der Waals surface area contributed by atoms with E-state index in [1.54, 1.807) is 17.5 Å². The monoisotopic (exact) mass is 262 g/mol. The van der Waals surface area contributed by atoms with Gasteiger partial charge >= 0.3 is 0 Å². The van der Waals surface area contributed by atoms with Crippen LogP contribution in [0.25, 0.3) is 0 Å². The number of hydrogen-bond donors (Lipinski definition) is 1. The number of hydrogen-bond acceptors (Lipinski definition) is 5. The van der Waals surface area contributed by atoms with Crippen molar-refractivity contribution in [3.63, 3.8) is 0 Å². The molecule has 0 saturated carbocycles. The van der Waals surface area contributed by atoms with Crippen molar-refractivity contribution < 1.29 is 0 Å². The van der Waals surface area contributed by atoms with Crippen molar-refractivity contribution in [2.45, 2.75) is 39.8 Å². The zero-order valence-corrected chi connectivity index (χ0v) is 12.0. The molecule has 0 amide bonds. The van der Waals surface area contributed by atoms with Crippen LogP contribution in [0.2, 0.25) is 0 Å². The van der Waals surface area contributed by atoms with Crippen LogP contribution in [0, 0.1) is 13.8 Å². The number of aromatic nitrogens is 3. The molecule has 0 bridgehead atoms. The number of rotatable bonds is 4. The Hall–Kier alpha value is -1.33. The molecule has 0 aliphatic rings. The fraction of sp³-hybridized carbons (Fsp3) is 0.462. The molecule has 2 aromatic heterocycles. The third-order valence-electron chi connectivity index (χ3n) is 2.70. The minimum absolute atomic E-state index is 0.147. The van der Waals surface area contributed by atoms with Gasteiger partial charge in [0.2, 0.25) is 0 Å². The van der Waals surface area contributed by atoms with E-state index in [0.29, 0.717) is 6.54 Å². The molecule has 2 heterocycles. The largest absolute Gasteiger partial charge is 0.300 e. The quantitative estimate of drug-likeness (QED) is 0.920. The van der Waals surface area contributed by atoms with Crippen molar-refractivity contribution in [2.75, 3.05) is 0 Å². The molecule has 0 radical (unpaired) electrons. The van der Waals surface area contributed by atoms with E-state index in [2.05, 4.69) is 39.5 Å². The van der Waals surface area contributed by atoms with Crippen LogP contribution in [0.3, 0.4) is 0 Å². The molecule has 0 fully saturated rings. The molecule has 0 unspecified atom stereocenters. The molecule has 0 aliphatic heterocycles. The molecule has 0 spiro atoms. The molecule has 2 aromatic rings. The summed E-state index contributed by atoms with van der Waals surface area (Å²) in [4.78, 5) is 13.1. The van der Waals surface area contributed by atoms with Gasteiger partial charge in [-0.15, -0.1) is 11.3 Å². The van der Waals surface area contributed by atoms with Crippen LogP contribution in [0.4, 0.5) is 0 Å². The van der Waals surface area contributed by atoms with Crippen LogP contribution in [0.1, 0.15) is 35.9 Å². The number of nitrogens with zero attached hydrogens (tertiary/aromatic N) is 3. The van der Waals surface area contributed by atoms with E-state index in [1.165, 1.54) is 0 Å². The Labute approximate surface area is 112 Å². The Morgan fingerprint density at radius 1 is 1.17 bits per heavy atom. The molecule has 96 valence electrons. The zero-order valence-electron chi connectivity index (χ0n) is 11.2. The highest BCUT2D eigenvalue weighted by atomic mass is 32.1. The standard InChI is InChI=1S/C13H18N4S/c1-9-5-15-11(6-14-9)7-16-13(3,4)12-17-10(2)8-18-12/h5-6,8,16H,7H2,1-4H3. The van der Waals surface area contributed by atoms with Crippen molar-refractivity contribution in [1.29, 1.82) is 0 Å². The first-order chi connectivity index (χ1) is 8.47. The average Bonchev–Trinajstić information content (AvgIpc) is 2.76. The maximum atomic E-state index is 4.53. The van der Waals surface area contributed by atoms with Gasteiger partial charge in [-0.05, 0) is 27.7 Å². The molecular weight excluding hydrogens is 244 g/mol. The Morgan fingerprint density at radius 3 is 2.50 bits per heavy atom. The second kappa shape index (κ2) is 5.12. The summed E-state index contributed by atoms with van der Waals surface area (Å²) in [5, 5.41) is 6.64. The van der Waals surface area contributed by atoms with Crippen LogP contribution in [0.5, 0.6) is 0 Å². The Balaban J connectivity index is 2.02. The van der Waals surface area contributed by atoms with Crippen LogP contribution >= 0.6 is 11.3 Å². The smallest absolute Gasteiger partial charge is 0.112 e. The minimum atomic E-state index is -0.147. The van der Waals surface area contributed by atoms with Gasteiger partial charge in [-0.1, -0.05) is 0 Å². The van der Waals surface area contributed by atoms with E-state index in [9.17, 15) is 0 Å². The molecule has 18 heavy (non-hydrogen) atoms. The summed E-state index contributed by atoms with van der Waals surface area (Å²) in [5.41, 5.74) is 2.81. The first-order valence-electron chi connectivity index (χ1n) is 5.92. The predicted molar refractivity (Wildman–Crippen MR) is 73.5 cm³/mol. The summed E-state index contributed by atoms with van der Waals surface area (Å²) < 4.78 is 0. The van der Waals surface area contributed by atoms with Crippen molar-refractivity contribution in [3.8, 4) is 0 Å². The van der Waals surface area contributed by atoms with E-state index in [4.69, 9.17) is 0 Å². The Morgan fingerprint density at radius 2 is 1.94 bits per heavy atom. The third kappa shape index (κ3) is 3.11. The molecule has 0 saturated heterocycles. The maximum Gasteiger partial charge on any atom is 0.112 e. The molecule has 5 heteroatoms. The highest BCUT2D eigenvalue weighted by Crippen LogP contribution is 2.23. The topological polar surface area (TPSA) is 50.7 Å². The number of thiazole rings is 1. The first kappa shape index (κ1) is 13.1. The summed E-state index contributed by atoms with van der Waals surface area (Å²) in [5.74, 6) is 0. The van der Waals surface area contributed by atoms with Gasteiger partial charge in [0.1, 0.15) is 5.01 Å². The number of nitrogens with one attached hydrogen (secondary N) is 1. The van der Waals surface area contributed by atoms with Gasteiger partial charge in [-0.2, -0.15) is 0 Å². The van der Waals surface area contributed by atoms with E-state index < -0.39 is 0 Å². The van der Waals surface area contributed by atoms with Crippen LogP contribution in [-0.4, -0.2) is 15.0 Å².